The Morgan fingerprint density at radius 1 is 1.58 bits per heavy atom. The highest BCUT2D eigenvalue weighted by Crippen LogP contribution is 2.25. The summed E-state index contributed by atoms with van der Waals surface area (Å²) in [6.45, 7) is 0.511. The highest BCUT2D eigenvalue weighted by Gasteiger charge is 2.29. The molecule has 104 valence electrons. The number of fused-ring (bicyclic) bond motifs is 1. The number of ether oxygens (including phenoxy) is 1. The van der Waals surface area contributed by atoms with Crippen LogP contribution in [0.2, 0.25) is 0 Å². The first kappa shape index (κ1) is 13.8. The number of likely N-dealkylation sites (N-methyl/N-ethyl adjacent to an activating group) is 1. The van der Waals surface area contributed by atoms with Gasteiger partial charge in [-0.1, -0.05) is 18.2 Å². The van der Waals surface area contributed by atoms with Crippen LogP contribution < -0.4 is 5.32 Å². The molecule has 2 rings (SSSR count). The average molecular weight is 264 g/mol. The molecule has 1 aliphatic heterocycles. The third-order valence-corrected chi connectivity index (χ3v) is 3.29. The van der Waals surface area contributed by atoms with E-state index in [1.165, 1.54) is 7.11 Å². The Morgan fingerprint density at radius 2 is 2.32 bits per heavy atom. The van der Waals surface area contributed by atoms with E-state index in [9.17, 15) is 9.90 Å². The van der Waals surface area contributed by atoms with Crippen molar-refractivity contribution in [1.29, 1.82) is 0 Å². The van der Waals surface area contributed by atoms with Gasteiger partial charge in [-0.25, -0.2) is 0 Å². The number of methoxy groups -OCH3 is 1. The van der Waals surface area contributed by atoms with Crippen molar-refractivity contribution in [2.75, 3.05) is 32.6 Å². The first-order chi connectivity index (χ1) is 9.11. The maximum absolute atomic E-state index is 12.3. The standard InChI is InChI=1S/C14H20N2O3/c1-16(8-11(17)9-19-2)14(18)13-7-10-5-3-4-6-12(10)15-13/h3-6,11,13,15,17H,7-9H2,1-2H3/t11-,13+/m1/s1. The van der Waals surface area contributed by atoms with E-state index in [2.05, 4.69) is 5.32 Å². The lowest BCUT2D eigenvalue weighted by Gasteiger charge is -2.23. The van der Waals surface area contributed by atoms with Crippen molar-refractivity contribution >= 4 is 11.6 Å². The molecular weight excluding hydrogens is 244 g/mol. The molecule has 1 amide bonds. The quantitative estimate of drug-likeness (QED) is 0.812. The van der Waals surface area contributed by atoms with E-state index in [1.54, 1.807) is 11.9 Å². The van der Waals surface area contributed by atoms with Crippen molar-refractivity contribution in [3.05, 3.63) is 29.8 Å². The van der Waals surface area contributed by atoms with Crippen LogP contribution >= 0.6 is 0 Å². The van der Waals surface area contributed by atoms with Gasteiger partial charge in [0.2, 0.25) is 5.91 Å². The fourth-order valence-electron chi connectivity index (χ4n) is 2.36. The van der Waals surface area contributed by atoms with Crippen molar-refractivity contribution in [1.82, 2.24) is 4.90 Å². The van der Waals surface area contributed by atoms with Crippen LogP contribution in [0, 0.1) is 0 Å². The van der Waals surface area contributed by atoms with Crippen molar-refractivity contribution in [2.45, 2.75) is 18.6 Å². The predicted octanol–water partition coefficient (Wildman–Crippen LogP) is 0.489. The number of para-hydroxylation sites is 1. The van der Waals surface area contributed by atoms with Crippen LogP contribution in [0.15, 0.2) is 24.3 Å². The molecule has 0 saturated carbocycles. The predicted molar refractivity (Wildman–Crippen MR) is 73.1 cm³/mol. The second-order valence-electron chi connectivity index (χ2n) is 4.89. The Balaban J connectivity index is 1.91. The molecule has 1 aliphatic rings. The Bertz CT molecular complexity index is 425. The molecule has 1 aromatic carbocycles. The van der Waals surface area contributed by atoms with Crippen LogP contribution in [0.3, 0.4) is 0 Å². The normalized spacial score (nSPS) is 18.6. The Kier molecular flexibility index (Phi) is 4.39. The van der Waals surface area contributed by atoms with Crippen LogP contribution in [0.5, 0.6) is 0 Å². The highest BCUT2D eigenvalue weighted by atomic mass is 16.5. The summed E-state index contributed by atoms with van der Waals surface area (Å²) in [5, 5.41) is 12.9. The number of nitrogens with zero attached hydrogens (tertiary/aromatic N) is 1. The number of carbonyl (C=O) groups excluding carboxylic acids is 1. The lowest BCUT2D eigenvalue weighted by molar-refractivity contribution is -0.132. The van der Waals surface area contributed by atoms with E-state index in [0.717, 1.165) is 11.3 Å². The molecule has 5 nitrogen and oxygen atoms in total. The summed E-state index contributed by atoms with van der Waals surface area (Å²) >= 11 is 0. The van der Waals surface area contributed by atoms with Gasteiger partial charge in [-0.15, -0.1) is 0 Å². The fraction of sp³-hybridized carbons (Fsp3) is 0.500. The SMILES string of the molecule is COC[C@H](O)CN(C)C(=O)[C@@H]1Cc2ccccc2N1. The maximum Gasteiger partial charge on any atom is 0.245 e. The fourth-order valence-corrected chi connectivity index (χ4v) is 2.36. The second-order valence-corrected chi connectivity index (χ2v) is 4.89. The summed E-state index contributed by atoms with van der Waals surface area (Å²) in [5.74, 6) is -0.00801. The molecule has 0 bridgehead atoms. The molecule has 1 heterocycles. The second kappa shape index (κ2) is 6.04. The molecule has 0 radical (unpaired) electrons. The van der Waals surface area contributed by atoms with Gasteiger partial charge in [-0.2, -0.15) is 0 Å². The zero-order valence-electron chi connectivity index (χ0n) is 11.3. The molecule has 0 aliphatic carbocycles. The lowest BCUT2D eigenvalue weighted by atomic mass is 10.1. The molecule has 0 fully saturated rings. The first-order valence-corrected chi connectivity index (χ1v) is 6.38. The van der Waals surface area contributed by atoms with Crippen molar-refractivity contribution in [2.24, 2.45) is 0 Å². The van der Waals surface area contributed by atoms with Gasteiger partial charge >= 0.3 is 0 Å². The number of hydrogen-bond acceptors (Lipinski definition) is 4. The Labute approximate surface area is 113 Å². The number of carbonyl (C=O) groups is 1. The van der Waals surface area contributed by atoms with E-state index in [4.69, 9.17) is 4.74 Å². The number of nitrogens with one attached hydrogen (secondary N) is 1. The molecule has 0 unspecified atom stereocenters. The smallest absolute Gasteiger partial charge is 0.245 e. The highest BCUT2D eigenvalue weighted by molar-refractivity contribution is 5.87. The van der Waals surface area contributed by atoms with Gasteiger partial charge in [-0.3, -0.25) is 4.79 Å². The third-order valence-electron chi connectivity index (χ3n) is 3.29. The minimum Gasteiger partial charge on any atom is -0.389 e. The van der Waals surface area contributed by atoms with Gasteiger partial charge in [0.15, 0.2) is 0 Å². The summed E-state index contributed by atoms with van der Waals surface area (Å²) < 4.78 is 4.86. The van der Waals surface area contributed by atoms with Crippen LogP contribution in [-0.2, 0) is 16.0 Å². The van der Waals surface area contributed by atoms with E-state index < -0.39 is 6.10 Å². The topological polar surface area (TPSA) is 61.8 Å². The number of anilines is 1. The number of aliphatic hydroxyl groups is 1. The molecule has 19 heavy (non-hydrogen) atoms. The van der Waals surface area contributed by atoms with Gasteiger partial charge in [0.05, 0.1) is 12.7 Å². The zero-order valence-corrected chi connectivity index (χ0v) is 11.3. The van der Waals surface area contributed by atoms with E-state index in [-0.39, 0.29) is 25.1 Å². The van der Waals surface area contributed by atoms with Crippen LogP contribution in [0.1, 0.15) is 5.56 Å². The number of rotatable bonds is 5. The summed E-state index contributed by atoms with van der Waals surface area (Å²) in [7, 11) is 3.23. The van der Waals surface area contributed by atoms with Gasteiger partial charge in [0, 0.05) is 32.8 Å². The van der Waals surface area contributed by atoms with Crippen LogP contribution in [-0.4, -0.2) is 55.4 Å². The monoisotopic (exact) mass is 264 g/mol. The molecule has 0 spiro atoms. The molecule has 0 saturated heterocycles. The summed E-state index contributed by atoms with van der Waals surface area (Å²) in [5.41, 5.74) is 2.18. The number of hydrogen-bond donors (Lipinski definition) is 2. The minimum atomic E-state index is -0.650. The number of amides is 1. The van der Waals surface area contributed by atoms with Gasteiger partial charge in [0.25, 0.3) is 0 Å². The molecule has 2 N–H and O–H groups in total. The van der Waals surface area contributed by atoms with Crippen LogP contribution in [0.25, 0.3) is 0 Å². The van der Waals surface area contributed by atoms with Gasteiger partial charge in [-0.05, 0) is 11.6 Å². The lowest BCUT2D eigenvalue weighted by Crippen LogP contribution is -2.43. The molecule has 1 aromatic rings. The maximum atomic E-state index is 12.3. The molecular formula is C14H20N2O3. The summed E-state index contributed by atoms with van der Waals surface area (Å²) in [6, 6.07) is 7.68. The Hall–Kier alpha value is -1.59. The number of aliphatic hydroxyl groups excluding tert-OH is 1. The third kappa shape index (κ3) is 3.24. The first-order valence-electron chi connectivity index (χ1n) is 6.38. The van der Waals surface area contributed by atoms with Gasteiger partial charge < -0.3 is 20.1 Å². The van der Waals surface area contributed by atoms with Gasteiger partial charge in [0.1, 0.15) is 6.04 Å². The molecule has 0 aromatic heterocycles. The Morgan fingerprint density at radius 3 is 3.00 bits per heavy atom. The number of benzene rings is 1. The van der Waals surface area contributed by atoms with E-state index in [1.807, 2.05) is 24.3 Å². The van der Waals surface area contributed by atoms with Crippen molar-refractivity contribution in [3.63, 3.8) is 0 Å². The average Bonchev–Trinajstić information content (AvgIpc) is 2.81. The van der Waals surface area contributed by atoms with E-state index in [0.29, 0.717) is 6.42 Å². The van der Waals surface area contributed by atoms with Crippen molar-refractivity contribution in [3.8, 4) is 0 Å². The molecule has 2 atom stereocenters. The summed E-state index contributed by atoms with van der Waals surface area (Å²) in [6.07, 6.45) is 0.0439. The molecule has 5 heteroatoms. The van der Waals surface area contributed by atoms with Crippen LogP contribution in [0.4, 0.5) is 5.69 Å². The van der Waals surface area contributed by atoms with Crippen molar-refractivity contribution < 1.29 is 14.6 Å². The zero-order chi connectivity index (χ0) is 13.8. The largest absolute Gasteiger partial charge is 0.389 e. The summed E-state index contributed by atoms with van der Waals surface area (Å²) in [4.78, 5) is 13.8. The minimum absolute atomic E-state index is 0.00801. The van der Waals surface area contributed by atoms with E-state index >= 15 is 0 Å².